The summed E-state index contributed by atoms with van der Waals surface area (Å²) in [5, 5.41) is 8.35. The summed E-state index contributed by atoms with van der Waals surface area (Å²) in [7, 11) is 0. The molecule has 0 fully saturated rings. The molecule has 0 N–H and O–H groups in total. The summed E-state index contributed by atoms with van der Waals surface area (Å²) in [6.45, 7) is 0. The van der Waals surface area contributed by atoms with Crippen molar-refractivity contribution in [3.8, 4) is 6.07 Å². The van der Waals surface area contributed by atoms with Crippen LogP contribution in [0.5, 0.6) is 0 Å². The van der Waals surface area contributed by atoms with Gasteiger partial charge in [-0.25, -0.2) is 13.8 Å². The summed E-state index contributed by atoms with van der Waals surface area (Å²) in [6.07, 6.45) is -2.97. The zero-order chi connectivity index (χ0) is 10.7. The monoisotopic (exact) mass is 312 g/mol. The molecule has 0 aliphatic heterocycles. The van der Waals surface area contributed by atoms with Gasteiger partial charge in [0.25, 0.3) is 6.43 Å². The summed E-state index contributed by atoms with van der Waals surface area (Å²) in [5.74, 6) is -1.20. The summed E-state index contributed by atoms with van der Waals surface area (Å²) in [4.78, 5) is 3.31. The van der Waals surface area contributed by atoms with E-state index in [1.807, 2.05) is 0 Å². The minimum absolute atomic E-state index is 0.0846. The van der Waals surface area contributed by atoms with Gasteiger partial charge in [0.05, 0.1) is 23.7 Å². The maximum atomic E-state index is 12.9. The van der Waals surface area contributed by atoms with E-state index >= 15 is 0 Å². The number of pyridine rings is 1. The number of hydrogen-bond donors (Lipinski definition) is 0. The molecule has 0 aliphatic rings. The Balaban J connectivity index is 3.18. The molecule has 0 unspecified atom stereocenters. The van der Waals surface area contributed by atoms with E-state index in [4.69, 9.17) is 5.26 Å². The molecular weight excluding hydrogens is 308 g/mol. The first-order valence-electron chi connectivity index (χ1n) is 3.56. The number of nitrogens with zero attached hydrogens (tertiary/aromatic N) is 2. The molecule has 74 valence electrons. The summed E-state index contributed by atoms with van der Waals surface area (Å²) in [5.41, 5.74) is -0.536. The molecule has 14 heavy (non-hydrogen) atoms. The predicted molar refractivity (Wildman–Crippen MR) is 51.2 cm³/mol. The second-order valence-electron chi connectivity index (χ2n) is 2.43. The highest BCUT2D eigenvalue weighted by molar-refractivity contribution is 14.1. The highest BCUT2D eigenvalue weighted by Crippen LogP contribution is 2.24. The predicted octanol–water partition coefficient (Wildman–Crippen LogP) is 2.83. The standard InChI is InChI=1S/C8H4F3IN2/c9-7(10)4-3-5(12)6(1-2-13)14-8(4)11/h3,7H,1H2. The Morgan fingerprint density at radius 2 is 2.21 bits per heavy atom. The van der Waals surface area contributed by atoms with Crippen molar-refractivity contribution >= 4 is 22.6 Å². The van der Waals surface area contributed by atoms with Crippen LogP contribution in [0.2, 0.25) is 0 Å². The van der Waals surface area contributed by atoms with Crippen LogP contribution >= 0.6 is 22.6 Å². The van der Waals surface area contributed by atoms with Gasteiger partial charge in [0.15, 0.2) is 0 Å². The smallest absolute Gasteiger partial charge is 0.222 e. The van der Waals surface area contributed by atoms with Crippen molar-refractivity contribution < 1.29 is 13.2 Å². The van der Waals surface area contributed by atoms with Gasteiger partial charge in [-0.1, -0.05) is 0 Å². The first-order valence-corrected chi connectivity index (χ1v) is 4.64. The van der Waals surface area contributed by atoms with Crippen molar-refractivity contribution in [1.29, 1.82) is 5.26 Å². The third-order valence-electron chi connectivity index (χ3n) is 1.51. The number of halogens is 4. The largest absolute Gasteiger partial charge is 0.268 e. The fourth-order valence-corrected chi connectivity index (χ4v) is 1.51. The maximum absolute atomic E-state index is 12.9. The number of alkyl halides is 2. The number of nitriles is 1. The molecule has 6 heteroatoms. The van der Waals surface area contributed by atoms with E-state index in [0.29, 0.717) is 3.57 Å². The maximum Gasteiger partial charge on any atom is 0.268 e. The fraction of sp³-hybridized carbons (Fsp3) is 0.250. The molecule has 0 saturated carbocycles. The van der Waals surface area contributed by atoms with Crippen molar-refractivity contribution in [2.75, 3.05) is 0 Å². The van der Waals surface area contributed by atoms with E-state index in [2.05, 4.69) is 4.98 Å². The number of hydrogen-bond acceptors (Lipinski definition) is 2. The van der Waals surface area contributed by atoms with E-state index in [1.54, 1.807) is 28.7 Å². The first kappa shape index (κ1) is 11.2. The topological polar surface area (TPSA) is 36.7 Å². The third-order valence-corrected chi connectivity index (χ3v) is 2.44. The molecule has 0 spiro atoms. The molecule has 2 nitrogen and oxygen atoms in total. The van der Waals surface area contributed by atoms with E-state index in [1.165, 1.54) is 0 Å². The van der Waals surface area contributed by atoms with Gasteiger partial charge in [0.2, 0.25) is 5.95 Å². The molecule has 0 saturated heterocycles. The Bertz CT molecular complexity index is 387. The highest BCUT2D eigenvalue weighted by Gasteiger charge is 2.17. The van der Waals surface area contributed by atoms with Crippen LogP contribution in [0.15, 0.2) is 6.07 Å². The molecule has 1 heterocycles. The Morgan fingerprint density at radius 1 is 1.57 bits per heavy atom. The van der Waals surface area contributed by atoms with Gasteiger partial charge in [-0.05, 0) is 28.7 Å². The van der Waals surface area contributed by atoms with Crippen LogP contribution in [0.1, 0.15) is 17.7 Å². The molecule has 0 aromatic carbocycles. The second-order valence-corrected chi connectivity index (χ2v) is 3.59. The van der Waals surface area contributed by atoms with Gasteiger partial charge in [-0.15, -0.1) is 0 Å². The highest BCUT2D eigenvalue weighted by atomic mass is 127. The van der Waals surface area contributed by atoms with Crippen LogP contribution in [-0.2, 0) is 6.42 Å². The number of rotatable bonds is 2. The lowest BCUT2D eigenvalue weighted by atomic mass is 10.2. The minimum atomic E-state index is -2.88. The van der Waals surface area contributed by atoms with Crippen LogP contribution in [-0.4, -0.2) is 4.98 Å². The summed E-state index contributed by atoms with van der Waals surface area (Å²) < 4.78 is 37.6. The van der Waals surface area contributed by atoms with Crippen LogP contribution in [0, 0.1) is 20.8 Å². The van der Waals surface area contributed by atoms with Gasteiger partial charge in [0, 0.05) is 3.57 Å². The number of aromatic nitrogens is 1. The van der Waals surface area contributed by atoms with E-state index in [9.17, 15) is 13.2 Å². The van der Waals surface area contributed by atoms with Crippen LogP contribution in [0.3, 0.4) is 0 Å². The second kappa shape index (κ2) is 4.59. The Hall–Kier alpha value is -0.840. The molecule has 0 amide bonds. The normalized spacial score (nSPS) is 10.3. The average Bonchev–Trinajstić information content (AvgIpc) is 2.10. The Kier molecular flexibility index (Phi) is 3.69. The first-order chi connectivity index (χ1) is 6.56. The van der Waals surface area contributed by atoms with Gasteiger partial charge < -0.3 is 0 Å². The Morgan fingerprint density at radius 3 is 2.71 bits per heavy atom. The van der Waals surface area contributed by atoms with Crippen molar-refractivity contribution in [1.82, 2.24) is 4.98 Å². The molecule has 1 aromatic rings. The zero-order valence-corrected chi connectivity index (χ0v) is 8.93. The lowest BCUT2D eigenvalue weighted by molar-refractivity contribution is 0.145. The van der Waals surface area contributed by atoms with Crippen molar-refractivity contribution in [3.05, 3.63) is 26.8 Å². The minimum Gasteiger partial charge on any atom is -0.222 e. The van der Waals surface area contributed by atoms with Crippen molar-refractivity contribution in [2.45, 2.75) is 12.8 Å². The lowest BCUT2D eigenvalue weighted by Gasteiger charge is -2.04. The molecule has 0 aliphatic carbocycles. The van der Waals surface area contributed by atoms with Gasteiger partial charge in [0.1, 0.15) is 0 Å². The fourth-order valence-electron chi connectivity index (χ4n) is 0.868. The average molecular weight is 312 g/mol. The quantitative estimate of drug-likeness (QED) is 0.622. The van der Waals surface area contributed by atoms with E-state index in [-0.39, 0.29) is 12.1 Å². The van der Waals surface area contributed by atoms with Crippen molar-refractivity contribution in [2.24, 2.45) is 0 Å². The molecule has 1 aromatic heterocycles. The van der Waals surface area contributed by atoms with Crippen molar-refractivity contribution in [3.63, 3.8) is 0 Å². The molecule has 0 radical (unpaired) electrons. The molecule has 0 bridgehead atoms. The van der Waals surface area contributed by atoms with Gasteiger partial charge in [-0.2, -0.15) is 9.65 Å². The van der Waals surface area contributed by atoms with Crippen LogP contribution in [0.4, 0.5) is 13.2 Å². The zero-order valence-electron chi connectivity index (χ0n) is 6.77. The van der Waals surface area contributed by atoms with E-state index < -0.39 is 17.9 Å². The SMILES string of the molecule is N#CCc1nc(F)c(C(F)F)cc1I. The van der Waals surface area contributed by atoms with Crippen LogP contribution in [0.25, 0.3) is 0 Å². The third kappa shape index (κ3) is 2.35. The Labute approximate surface area is 91.9 Å². The lowest BCUT2D eigenvalue weighted by Crippen LogP contribution is -2.01. The van der Waals surface area contributed by atoms with Gasteiger partial charge >= 0.3 is 0 Å². The molecule has 0 atom stereocenters. The molecule has 1 rings (SSSR count). The van der Waals surface area contributed by atoms with Gasteiger partial charge in [-0.3, -0.25) is 0 Å². The summed E-state index contributed by atoms with van der Waals surface area (Å²) >= 11 is 1.75. The van der Waals surface area contributed by atoms with Crippen LogP contribution < -0.4 is 0 Å². The van der Waals surface area contributed by atoms with E-state index in [0.717, 1.165) is 6.07 Å². The summed E-state index contributed by atoms with van der Waals surface area (Å²) in [6, 6.07) is 2.79. The molecular formula is C8H4F3IN2.